The van der Waals surface area contributed by atoms with Crippen LogP contribution in [0.4, 0.5) is 4.79 Å². The molecule has 0 radical (unpaired) electrons. The summed E-state index contributed by atoms with van der Waals surface area (Å²) in [5.41, 5.74) is 0.457. The molecule has 1 aromatic heterocycles. The van der Waals surface area contributed by atoms with Crippen LogP contribution >= 0.6 is 0 Å². The predicted octanol–water partition coefficient (Wildman–Crippen LogP) is -0.143. The molecule has 0 bridgehead atoms. The number of pyridine rings is 1. The first kappa shape index (κ1) is 14.3. The number of nitrogens with one attached hydrogen (secondary N) is 1. The number of methoxy groups -OCH3 is 1. The first-order valence-electron chi connectivity index (χ1n) is 6.99. The molecule has 116 valence electrons. The fourth-order valence-corrected chi connectivity index (χ4v) is 2.75. The third kappa shape index (κ3) is 2.47. The Labute approximate surface area is 127 Å². The zero-order valence-corrected chi connectivity index (χ0v) is 12.1. The number of likely N-dealkylation sites (tertiary alicyclic amines) is 1. The number of amides is 4. The molecule has 1 atom stereocenters. The Morgan fingerprint density at radius 2 is 2.23 bits per heavy atom. The van der Waals surface area contributed by atoms with Crippen LogP contribution in [0.2, 0.25) is 0 Å². The molecule has 8 heteroatoms. The van der Waals surface area contributed by atoms with Crippen LogP contribution in [0, 0.1) is 0 Å². The molecule has 0 aliphatic carbocycles. The third-order valence-corrected chi connectivity index (χ3v) is 3.89. The minimum atomic E-state index is -0.379. The molecule has 3 heterocycles. The summed E-state index contributed by atoms with van der Waals surface area (Å²) >= 11 is 0. The lowest BCUT2D eigenvalue weighted by molar-refractivity contribution is -0.126. The first-order valence-corrected chi connectivity index (χ1v) is 6.99. The van der Waals surface area contributed by atoms with Crippen molar-refractivity contribution >= 4 is 17.8 Å². The number of nitrogens with zero attached hydrogens (tertiary/aromatic N) is 3. The van der Waals surface area contributed by atoms with Gasteiger partial charge in [0.2, 0.25) is 11.8 Å². The molecule has 1 unspecified atom stereocenters. The van der Waals surface area contributed by atoms with E-state index in [9.17, 15) is 14.4 Å². The lowest BCUT2D eigenvalue weighted by Crippen LogP contribution is -2.42. The van der Waals surface area contributed by atoms with E-state index >= 15 is 0 Å². The summed E-state index contributed by atoms with van der Waals surface area (Å²) in [6.07, 6.45) is 2.05. The molecule has 1 aromatic rings. The Hall–Kier alpha value is -2.64. The number of carbonyl (C=O) groups is 3. The van der Waals surface area contributed by atoms with E-state index in [4.69, 9.17) is 4.74 Å². The van der Waals surface area contributed by atoms with Gasteiger partial charge in [0, 0.05) is 25.4 Å². The van der Waals surface area contributed by atoms with Crippen molar-refractivity contribution < 1.29 is 19.1 Å². The van der Waals surface area contributed by atoms with Crippen molar-refractivity contribution in [1.82, 2.24) is 20.1 Å². The van der Waals surface area contributed by atoms with E-state index in [-0.39, 0.29) is 30.4 Å². The van der Waals surface area contributed by atoms with Gasteiger partial charge in [-0.2, -0.15) is 0 Å². The van der Waals surface area contributed by atoms with Gasteiger partial charge in [0.05, 0.1) is 25.3 Å². The number of hydrogen-bond acceptors (Lipinski definition) is 5. The Kier molecular flexibility index (Phi) is 3.66. The summed E-state index contributed by atoms with van der Waals surface area (Å²) < 4.78 is 4.96. The minimum Gasteiger partial charge on any atom is -0.481 e. The number of hydrogen-bond donors (Lipinski definition) is 1. The van der Waals surface area contributed by atoms with Gasteiger partial charge in [-0.1, -0.05) is 0 Å². The highest BCUT2D eigenvalue weighted by molar-refractivity contribution is 6.02. The SMILES string of the molecule is COc1ccc(C(=O)N2CCC(N3C(=O)CNC3=O)C2)cn1. The molecule has 0 aromatic carbocycles. The monoisotopic (exact) mass is 304 g/mol. The number of rotatable bonds is 3. The van der Waals surface area contributed by atoms with Gasteiger partial charge in [-0.15, -0.1) is 0 Å². The van der Waals surface area contributed by atoms with Crippen LogP contribution in [-0.4, -0.2) is 65.4 Å². The second-order valence-electron chi connectivity index (χ2n) is 5.21. The van der Waals surface area contributed by atoms with Crippen LogP contribution in [0.25, 0.3) is 0 Å². The minimum absolute atomic E-state index is 0.0334. The molecule has 0 saturated carbocycles. The largest absolute Gasteiger partial charge is 0.481 e. The summed E-state index contributed by atoms with van der Waals surface area (Å²) in [5, 5.41) is 2.49. The normalized spacial score (nSPS) is 21.2. The molecule has 2 aliphatic rings. The smallest absolute Gasteiger partial charge is 0.324 e. The summed E-state index contributed by atoms with van der Waals surface area (Å²) in [6.45, 7) is 0.891. The fourth-order valence-electron chi connectivity index (χ4n) is 2.75. The van der Waals surface area contributed by atoms with Gasteiger partial charge in [0.25, 0.3) is 5.91 Å². The van der Waals surface area contributed by atoms with Gasteiger partial charge in [0.15, 0.2) is 0 Å². The predicted molar refractivity (Wildman–Crippen MR) is 75.3 cm³/mol. The van der Waals surface area contributed by atoms with E-state index < -0.39 is 0 Å². The number of aromatic nitrogens is 1. The van der Waals surface area contributed by atoms with Crippen molar-refractivity contribution in [2.45, 2.75) is 12.5 Å². The van der Waals surface area contributed by atoms with Gasteiger partial charge in [-0.25, -0.2) is 9.78 Å². The van der Waals surface area contributed by atoms with Crippen molar-refractivity contribution in [3.8, 4) is 5.88 Å². The van der Waals surface area contributed by atoms with Crippen molar-refractivity contribution in [3.05, 3.63) is 23.9 Å². The quantitative estimate of drug-likeness (QED) is 0.785. The number of ether oxygens (including phenoxy) is 1. The average Bonchev–Trinajstić information content (AvgIpc) is 3.13. The topological polar surface area (TPSA) is 91.8 Å². The van der Waals surface area contributed by atoms with Crippen molar-refractivity contribution in [1.29, 1.82) is 0 Å². The molecule has 2 saturated heterocycles. The molecule has 2 aliphatic heterocycles. The van der Waals surface area contributed by atoms with Gasteiger partial charge in [-0.05, 0) is 12.5 Å². The average molecular weight is 304 g/mol. The van der Waals surface area contributed by atoms with Crippen LogP contribution in [0.5, 0.6) is 5.88 Å². The van der Waals surface area contributed by atoms with Gasteiger partial charge in [0.1, 0.15) is 0 Å². The second kappa shape index (κ2) is 5.63. The Bertz CT molecular complexity index is 600. The molecular weight excluding hydrogens is 288 g/mol. The van der Waals surface area contributed by atoms with Crippen LogP contribution < -0.4 is 10.1 Å². The third-order valence-electron chi connectivity index (χ3n) is 3.89. The fraction of sp³-hybridized carbons (Fsp3) is 0.429. The standard InChI is InChI=1S/C14H16N4O4/c1-22-11-3-2-9(6-15-11)13(20)17-5-4-10(8-17)18-12(19)7-16-14(18)21/h2-3,6,10H,4-5,7-8H2,1H3,(H,16,21). The molecule has 4 amide bonds. The molecule has 3 rings (SSSR count). The number of urea groups is 1. The number of imide groups is 1. The van der Waals surface area contributed by atoms with Gasteiger partial charge in [-0.3, -0.25) is 14.5 Å². The maximum absolute atomic E-state index is 12.4. The lowest BCUT2D eigenvalue weighted by atomic mass is 10.2. The summed E-state index contributed by atoms with van der Waals surface area (Å²) in [4.78, 5) is 42.6. The van der Waals surface area contributed by atoms with E-state index in [1.165, 1.54) is 18.2 Å². The molecule has 2 fully saturated rings. The highest BCUT2D eigenvalue weighted by atomic mass is 16.5. The Morgan fingerprint density at radius 3 is 2.82 bits per heavy atom. The molecule has 8 nitrogen and oxygen atoms in total. The van der Waals surface area contributed by atoms with E-state index in [1.54, 1.807) is 17.0 Å². The van der Waals surface area contributed by atoms with Crippen LogP contribution in [0.3, 0.4) is 0 Å². The van der Waals surface area contributed by atoms with Crippen LogP contribution in [-0.2, 0) is 4.79 Å². The van der Waals surface area contributed by atoms with E-state index in [0.717, 1.165) is 0 Å². The van der Waals surface area contributed by atoms with Gasteiger partial charge >= 0.3 is 6.03 Å². The zero-order chi connectivity index (χ0) is 15.7. The van der Waals surface area contributed by atoms with E-state index in [2.05, 4.69) is 10.3 Å². The molecule has 22 heavy (non-hydrogen) atoms. The summed E-state index contributed by atoms with van der Waals surface area (Å²) in [6, 6.07) is 2.63. The van der Waals surface area contributed by atoms with Gasteiger partial charge < -0.3 is 15.0 Å². The zero-order valence-electron chi connectivity index (χ0n) is 12.1. The number of carbonyl (C=O) groups excluding carboxylic acids is 3. The highest BCUT2D eigenvalue weighted by Gasteiger charge is 2.39. The maximum Gasteiger partial charge on any atom is 0.324 e. The summed E-state index contributed by atoms with van der Waals surface area (Å²) in [7, 11) is 1.51. The Balaban J connectivity index is 1.67. The Morgan fingerprint density at radius 1 is 1.41 bits per heavy atom. The molecular formula is C14H16N4O4. The van der Waals surface area contributed by atoms with E-state index in [1.807, 2.05) is 0 Å². The second-order valence-corrected chi connectivity index (χ2v) is 5.21. The van der Waals surface area contributed by atoms with Crippen molar-refractivity contribution in [2.24, 2.45) is 0 Å². The first-order chi connectivity index (χ1) is 10.6. The van der Waals surface area contributed by atoms with Crippen LogP contribution in [0.1, 0.15) is 16.8 Å². The highest BCUT2D eigenvalue weighted by Crippen LogP contribution is 2.20. The lowest BCUT2D eigenvalue weighted by Gasteiger charge is -2.21. The summed E-state index contributed by atoms with van der Waals surface area (Å²) in [5.74, 6) is 0.0373. The van der Waals surface area contributed by atoms with Crippen molar-refractivity contribution in [2.75, 3.05) is 26.7 Å². The van der Waals surface area contributed by atoms with E-state index in [0.29, 0.717) is 31.0 Å². The molecule has 0 spiro atoms. The maximum atomic E-state index is 12.4. The van der Waals surface area contributed by atoms with Crippen LogP contribution in [0.15, 0.2) is 18.3 Å². The van der Waals surface area contributed by atoms with Crippen molar-refractivity contribution in [3.63, 3.8) is 0 Å². The molecule has 1 N–H and O–H groups in total.